The highest BCUT2D eigenvalue weighted by atomic mass is 16.6. The van der Waals surface area contributed by atoms with E-state index in [-0.39, 0.29) is 12.5 Å². The average Bonchev–Trinajstić information content (AvgIpc) is 2.79. The van der Waals surface area contributed by atoms with Crippen molar-refractivity contribution in [3.63, 3.8) is 0 Å². The van der Waals surface area contributed by atoms with Crippen LogP contribution in [0.3, 0.4) is 0 Å². The van der Waals surface area contributed by atoms with E-state index in [0.29, 0.717) is 19.8 Å². The number of rotatable bonds is 3. The third-order valence-electron chi connectivity index (χ3n) is 3.36. The van der Waals surface area contributed by atoms with Gasteiger partial charge in [0.15, 0.2) is 6.10 Å². The standard InChI is InChI=1S/C11H19NO4/c13-8-11(3-1-2-4-11)12-10(14)9-7-15-5-6-16-9/h9,13H,1-8H2,(H,12,14). The molecular weight excluding hydrogens is 210 g/mol. The molecule has 1 amide bonds. The minimum absolute atomic E-state index is 0.00627. The number of ether oxygens (including phenoxy) is 2. The first-order chi connectivity index (χ1) is 7.76. The highest BCUT2D eigenvalue weighted by Crippen LogP contribution is 2.29. The lowest BCUT2D eigenvalue weighted by atomic mass is 9.98. The van der Waals surface area contributed by atoms with Gasteiger partial charge in [-0.15, -0.1) is 0 Å². The maximum Gasteiger partial charge on any atom is 0.252 e. The molecule has 0 aromatic heterocycles. The van der Waals surface area contributed by atoms with Gasteiger partial charge in [0, 0.05) is 0 Å². The Kier molecular flexibility index (Phi) is 3.78. The zero-order valence-corrected chi connectivity index (χ0v) is 9.41. The van der Waals surface area contributed by atoms with E-state index < -0.39 is 11.6 Å². The van der Waals surface area contributed by atoms with E-state index in [9.17, 15) is 9.90 Å². The molecule has 92 valence electrons. The van der Waals surface area contributed by atoms with E-state index in [1.54, 1.807) is 0 Å². The summed E-state index contributed by atoms with van der Waals surface area (Å²) in [7, 11) is 0. The molecule has 16 heavy (non-hydrogen) atoms. The summed E-state index contributed by atoms with van der Waals surface area (Å²) in [5, 5.41) is 12.3. The Morgan fingerprint density at radius 2 is 2.12 bits per heavy atom. The molecule has 5 heteroatoms. The van der Waals surface area contributed by atoms with Crippen molar-refractivity contribution in [1.82, 2.24) is 5.32 Å². The molecule has 2 fully saturated rings. The molecule has 5 nitrogen and oxygen atoms in total. The summed E-state index contributed by atoms with van der Waals surface area (Å²) in [6, 6.07) is 0. The molecular formula is C11H19NO4. The molecule has 2 aliphatic rings. The molecule has 0 radical (unpaired) electrons. The molecule has 2 N–H and O–H groups in total. The maximum atomic E-state index is 11.9. The van der Waals surface area contributed by atoms with Crippen molar-refractivity contribution in [2.75, 3.05) is 26.4 Å². The number of carbonyl (C=O) groups excluding carboxylic acids is 1. The Hall–Kier alpha value is -0.650. The van der Waals surface area contributed by atoms with Gasteiger partial charge in [-0.05, 0) is 12.8 Å². The second kappa shape index (κ2) is 5.12. The van der Waals surface area contributed by atoms with Gasteiger partial charge in [0.1, 0.15) is 0 Å². The summed E-state index contributed by atoms with van der Waals surface area (Å²) >= 11 is 0. The Bertz CT molecular complexity index is 244. The van der Waals surface area contributed by atoms with Crippen LogP contribution in [0, 0.1) is 0 Å². The van der Waals surface area contributed by atoms with Crippen LogP contribution in [0.5, 0.6) is 0 Å². The van der Waals surface area contributed by atoms with E-state index in [1.807, 2.05) is 0 Å². The number of aliphatic hydroxyl groups excluding tert-OH is 1. The lowest BCUT2D eigenvalue weighted by Crippen LogP contribution is -2.54. The summed E-state index contributed by atoms with van der Waals surface area (Å²) in [6.45, 7) is 1.33. The predicted octanol–water partition coefficient (Wildman–Crippen LogP) is -0.177. The third kappa shape index (κ3) is 2.53. The molecule has 1 atom stereocenters. The van der Waals surface area contributed by atoms with Crippen molar-refractivity contribution in [3.05, 3.63) is 0 Å². The van der Waals surface area contributed by atoms with E-state index in [1.165, 1.54) is 0 Å². The molecule has 1 aliphatic carbocycles. The minimum Gasteiger partial charge on any atom is -0.394 e. The van der Waals surface area contributed by atoms with Gasteiger partial charge < -0.3 is 19.9 Å². The third-order valence-corrected chi connectivity index (χ3v) is 3.36. The fourth-order valence-corrected chi connectivity index (χ4v) is 2.36. The zero-order chi connectivity index (χ0) is 11.4. The molecule has 0 spiro atoms. The predicted molar refractivity (Wildman–Crippen MR) is 57.0 cm³/mol. The quantitative estimate of drug-likeness (QED) is 0.704. The monoisotopic (exact) mass is 229 g/mol. The van der Waals surface area contributed by atoms with Crippen molar-refractivity contribution in [1.29, 1.82) is 0 Å². The van der Waals surface area contributed by atoms with Gasteiger partial charge in [-0.1, -0.05) is 12.8 Å². The number of hydrogen-bond acceptors (Lipinski definition) is 4. The van der Waals surface area contributed by atoms with Crippen molar-refractivity contribution in [2.24, 2.45) is 0 Å². The number of nitrogens with one attached hydrogen (secondary N) is 1. The zero-order valence-electron chi connectivity index (χ0n) is 9.41. The second-order valence-corrected chi connectivity index (χ2v) is 4.57. The van der Waals surface area contributed by atoms with Crippen molar-refractivity contribution in [3.8, 4) is 0 Å². The van der Waals surface area contributed by atoms with Crippen molar-refractivity contribution < 1.29 is 19.4 Å². The van der Waals surface area contributed by atoms with Crippen LogP contribution in [0.4, 0.5) is 0 Å². The fraction of sp³-hybridized carbons (Fsp3) is 0.909. The maximum absolute atomic E-state index is 11.9. The van der Waals surface area contributed by atoms with Gasteiger partial charge in [-0.3, -0.25) is 4.79 Å². The van der Waals surface area contributed by atoms with Gasteiger partial charge in [-0.25, -0.2) is 0 Å². The Labute approximate surface area is 95.1 Å². The normalized spacial score (nSPS) is 28.9. The molecule has 1 aliphatic heterocycles. The topological polar surface area (TPSA) is 67.8 Å². The Morgan fingerprint density at radius 3 is 2.69 bits per heavy atom. The molecule has 1 saturated heterocycles. The Balaban J connectivity index is 1.89. The fourth-order valence-electron chi connectivity index (χ4n) is 2.36. The van der Waals surface area contributed by atoms with Gasteiger partial charge in [0.25, 0.3) is 5.91 Å². The summed E-state index contributed by atoms with van der Waals surface area (Å²) in [5.41, 5.74) is -0.419. The van der Waals surface area contributed by atoms with Crippen LogP contribution in [0.15, 0.2) is 0 Å². The SMILES string of the molecule is O=C(NC1(CO)CCCC1)C1COCCO1. The van der Waals surface area contributed by atoms with Crippen LogP contribution in [-0.4, -0.2) is 49.1 Å². The molecule has 0 aromatic rings. The first kappa shape index (κ1) is 11.8. The first-order valence-electron chi connectivity index (χ1n) is 5.88. The van der Waals surface area contributed by atoms with Crippen molar-refractivity contribution >= 4 is 5.91 Å². The van der Waals surface area contributed by atoms with E-state index in [4.69, 9.17) is 9.47 Å². The lowest BCUT2D eigenvalue weighted by Gasteiger charge is -2.31. The number of amides is 1. The van der Waals surface area contributed by atoms with Crippen LogP contribution in [0.25, 0.3) is 0 Å². The van der Waals surface area contributed by atoms with Crippen LogP contribution in [0.1, 0.15) is 25.7 Å². The van der Waals surface area contributed by atoms with Gasteiger partial charge in [-0.2, -0.15) is 0 Å². The summed E-state index contributed by atoms with van der Waals surface area (Å²) in [5.74, 6) is -0.157. The van der Waals surface area contributed by atoms with Crippen LogP contribution in [-0.2, 0) is 14.3 Å². The average molecular weight is 229 g/mol. The second-order valence-electron chi connectivity index (χ2n) is 4.57. The molecule has 1 heterocycles. The first-order valence-corrected chi connectivity index (χ1v) is 5.88. The Morgan fingerprint density at radius 1 is 1.38 bits per heavy atom. The van der Waals surface area contributed by atoms with Gasteiger partial charge in [0.05, 0.1) is 32.0 Å². The summed E-state index contributed by atoms with van der Waals surface area (Å²) < 4.78 is 10.5. The van der Waals surface area contributed by atoms with E-state index in [2.05, 4.69) is 5.32 Å². The highest BCUT2D eigenvalue weighted by Gasteiger charge is 2.37. The molecule has 1 saturated carbocycles. The van der Waals surface area contributed by atoms with Crippen LogP contribution >= 0.6 is 0 Å². The smallest absolute Gasteiger partial charge is 0.252 e. The van der Waals surface area contributed by atoms with E-state index in [0.717, 1.165) is 25.7 Å². The number of hydrogen-bond donors (Lipinski definition) is 2. The largest absolute Gasteiger partial charge is 0.394 e. The molecule has 1 unspecified atom stereocenters. The molecule has 2 rings (SSSR count). The minimum atomic E-state index is -0.516. The van der Waals surface area contributed by atoms with E-state index >= 15 is 0 Å². The van der Waals surface area contributed by atoms with Crippen molar-refractivity contribution in [2.45, 2.75) is 37.3 Å². The highest BCUT2D eigenvalue weighted by molar-refractivity contribution is 5.81. The molecule has 0 aromatic carbocycles. The number of aliphatic hydroxyl groups is 1. The summed E-state index contributed by atoms with van der Waals surface area (Å²) in [6.07, 6.45) is 3.30. The van der Waals surface area contributed by atoms with Gasteiger partial charge in [0.2, 0.25) is 0 Å². The summed E-state index contributed by atoms with van der Waals surface area (Å²) in [4.78, 5) is 11.9. The van der Waals surface area contributed by atoms with Crippen LogP contribution in [0.2, 0.25) is 0 Å². The number of carbonyl (C=O) groups is 1. The molecule has 0 bridgehead atoms. The van der Waals surface area contributed by atoms with Gasteiger partial charge >= 0.3 is 0 Å². The lowest BCUT2D eigenvalue weighted by molar-refractivity contribution is -0.149. The van der Waals surface area contributed by atoms with Crippen LogP contribution < -0.4 is 5.32 Å².